The monoisotopic (exact) mass is 325 g/mol. The molecule has 1 N–H and O–H groups in total. The zero-order chi connectivity index (χ0) is 13.1. The second-order valence-electron chi connectivity index (χ2n) is 3.71. The number of esters is 1. The average Bonchev–Trinajstić information content (AvgIpc) is 2.84. The molecule has 1 heterocycles. The van der Waals surface area contributed by atoms with Crippen molar-refractivity contribution in [3.8, 4) is 0 Å². The van der Waals surface area contributed by atoms with E-state index in [1.165, 1.54) is 7.11 Å². The summed E-state index contributed by atoms with van der Waals surface area (Å²) in [5.74, 6) is -0.329. The highest BCUT2D eigenvalue weighted by Gasteiger charge is 2.19. The standard InChI is InChI=1S/C13H12BrNO2S/c1-8(12-15-7-11(14)18-12)9-3-5-10(6-4-9)13(16)17-2/h3-7,12,15H,1H2,2H3. The average molecular weight is 326 g/mol. The normalized spacial score (nSPS) is 17.9. The minimum absolute atomic E-state index is 0.128. The van der Waals surface area contributed by atoms with Crippen molar-refractivity contribution in [3.63, 3.8) is 0 Å². The lowest BCUT2D eigenvalue weighted by atomic mass is 10.1. The smallest absolute Gasteiger partial charge is 0.337 e. The molecule has 3 nitrogen and oxygen atoms in total. The van der Waals surface area contributed by atoms with Crippen molar-refractivity contribution >= 4 is 39.2 Å². The number of ether oxygens (including phenoxy) is 1. The first-order chi connectivity index (χ1) is 8.61. The van der Waals surface area contributed by atoms with Gasteiger partial charge in [-0.3, -0.25) is 0 Å². The number of thioether (sulfide) groups is 1. The lowest BCUT2D eigenvalue weighted by molar-refractivity contribution is 0.0601. The van der Waals surface area contributed by atoms with E-state index in [0.29, 0.717) is 5.56 Å². The fourth-order valence-electron chi connectivity index (χ4n) is 1.58. The van der Waals surface area contributed by atoms with Gasteiger partial charge in [-0.05, 0) is 39.2 Å². The van der Waals surface area contributed by atoms with Crippen LogP contribution in [0.5, 0.6) is 0 Å². The Morgan fingerprint density at radius 2 is 2.00 bits per heavy atom. The maximum atomic E-state index is 11.3. The predicted octanol–water partition coefficient (Wildman–Crippen LogP) is 3.34. The molecule has 0 bridgehead atoms. The summed E-state index contributed by atoms with van der Waals surface area (Å²) in [6.45, 7) is 4.08. The van der Waals surface area contributed by atoms with E-state index in [4.69, 9.17) is 0 Å². The van der Waals surface area contributed by atoms with Gasteiger partial charge in [0, 0.05) is 6.20 Å². The van der Waals surface area contributed by atoms with Crippen LogP contribution in [0.2, 0.25) is 0 Å². The number of carbonyl (C=O) groups excluding carboxylic acids is 1. The van der Waals surface area contributed by atoms with Crippen LogP contribution in [0.15, 0.2) is 40.9 Å². The molecule has 0 fully saturated rings. The Bertz CT molecular complexity index is 510. The molecule has 18 heavy (non-hydrogen) atoms. The van der Waals surface area contributed by atoms with Crippen LogP contribution in [-0.4, -0.2) is 18.5 Å². The van der Waals surface area contributed by atoms with E-state index in [2.05, 4.69) is 32.6 Å². The number of methoxy groups -OCH3 is 1. The maximum absolute atomic E-state index is 11.3. The zero-order valence-corrected chi connectivity index (χ0v) is 12.2. The quantitative estimate of drug-likeness (QED) is 0.865. The second-order valence-corrected chi connectivity index (χ2v) is 6.23. The van der Waals surface area contributed by atoms with Gasteiger partial charge in [0.15, 0.2) is 0 Å². The van der Waals surface area contributed by atoms with Crippen LogP contribution >= 0.6 is 27.7 Å². The molecule has 0 aliphatic carbocycles. The molecule has 0 aromatic heterocycles. The number of benzene rings is 1. The molecule has 0 saturated heterocycles. The van der Waals surface area contributed by atoms with E-state index in [1.54, 1.807) is 23.9 Å². The topological polar surface area (TPSA) is 38.3 Å². The fraction of sp³-hybridized carbons (Fsp3) is 0.154. The highest BCUT2D eigenvalue weighted by molar-refractivity contribution is 9.14. The first-order valence-electron chi connectivity index (χ1n) is 5.27. The Balaban J connectivity index is 2.10. The highest BCUT2D eigenvalue weighted by Crippen LogP contribution is 2.36. The van der Waals surface area contributed by atoms with Gasteiger partial charge in [0.2, 0.25) is 0 Å². The molecule has 94 valence electrons. The summed E-state index contributed by atoms with van der Waals surface area (Å²) in [6.07, 6.45) is 1.91. The van der Waals surface area contributed by atoms with Gasteiger partial charge in [0.1, 0.15) is 5.37 Å². The van der Waals surface area contributed by atoms with Gasteiger partial charge in [-0.15, -0.1) is 0 Å². The largest absolute Gasteiger partial charge is 0.465 e. The summed E-state index contributed by atoms with van der Waals surface area (Å²) in [6, 6.07) is 7.25. The van der Waals surface area contributed by atoms with Crippen LogP contribution in [0.4, 0.5) is 0 Å². The van der Waals surface area contributed by atoms with E-state index in [0.717, 1.165) is 15.0 Å². The molecule has 2 rings (SSSR count). The molecule has 1 aliphatic heterocycles. The molecule has 1 aromatic rings. The van der Waals surface area contributed by atoms with Crippen molar-refractivity contribution in [3.05, 3.63) is 52.0 Å². The first-order valence-corrected chi connectivity index (χ1v) is 6.95. The summed E-state index contributed by atoms with van der Waals surface area (Å²) in [4.78, 5) is 11.3. The summed E-state index contributed by atoms with van der Waals surface area (Å²) in [5, 5.41) is 3.34. The zero-order valence-electron chi connectivity index (χ0n) is 9.77. The van der Waals surface area contributed by atoms with Crippen LogP contribution in [-0.2, 0) is 4.74 Å². The minimum atomic E-state index is -0.329. The molecule has 5 heteroatoms. The Morgan fingerprint density at radius 1 is 1.39 bits per heavy atom. The molecule has 1 atom stereocenters. The van der Waals surface area contributed by atoms with E-state index in [-0.39, 0.29) is 11.3 Å². The van der Waals surface area contributed by atoms with E-state index in [1.807, 2.05) is 18.3 Å². The van der Waals surface area contributed by atoms with Gasteiger partial charge in [-0.2, -0.15) is 0 Å². The Hall–Kier alpha value is -1.20. The van der Waals surface area contributed by atoms with Gasteiger partial charge < -0.3 is 10.1 Å². The summed E-state index contributed by atoms with van der Waals surface area (Å²) in [7, 11) is 1.37. The fourth-order valence-corrected chi connectivity index (χ4v) is 3.05. The molecule has 0 radical (unpaired) electrons. The van der Waals surface area contributed by atoms with E-state index >= 15 is 0 Å². The number of rotatable bonds is 3. The minimum Gasteiger partial charge on any atom is -0.465 e. The van der Waals surface area contributed by atoms with Crippen molar-refractivity contribution in [1.29, 1.82) is 0 Å². The number of hydrogen-bond acceptors (Lipinski definition) is 4. The number of halogens is 1. The predicted molar refractivity (Wildman–Crippen MR) is 78.3 cm³/mol. The van der Waals surface area contributed by atoms with E-state index in [9.17, 15) is 4.79 Å². The number of nitrogens with one attached hydrogen (secondary N) is 1. The van der Waals surface area contributed by atoms with Gasteiger partial charge in [0.25, 0.3) is 0 Å². The maximum Gasteiger partial charge on any atom is 0.337 e. The third-order valence-corrected chi connectivity index (χ3v) is 4.36. The summed E-state index contributed by atoms with van der Waals surface area (Å²) in [5.41, 5.74) is 2.52. The molecule has 0 amide bonds. The van der Waals surface area contributed by atoms with Gasteiger partial charge >= 0.3 is 5.97 Å². The van der Waals surface area contributed by atoms with Crippen molar-refractivity contribution in [2.24, 2.45) is 0 Å². The van der Waals surface area contributed by atoms with Crippen LogP contribution < -0.4 is 5.32 Å². The Labute approximate surface area is 118 Å². The van der Waals surface area contributed by atoms with Crippen molar-refractivity contribution in [2.45, 2.75) is 5.37 Å². The van der Waals surface area contributed by atoms with Gasteiger partial charge in [-0.1, -0.05) is 30.5 Å². The SMILES string of the molecule is C=C(c1ccc(C(=O)OC)cc1)C1NC=C(Br)S1. The molecular weight excluding hydrogens is 314 g/mol. The van der Waals surface area contributed by atoms with Gasteiger partial charge in [0.05, 0.1) is 16.5 Å². The van der Waals surface area contributed by atoms with Crippen LogP contribution in [0, 0.1) is 0 Å². The van der Waals surface area contributed by atoms with Gasteiger partial charge in [-0.25, -0.2) is 4.79 Å². The van der Waals surface area contributed by atoms with Crippen LogP contribution in [0.3, 0.4) is 0 Å². The second kappa shape index (κ2) is 5.63. The number of carbonyl (C=O) groups is 1. The first kappa shape index (κ1) is 13.2. The third-order valence-electron chi connectivity index (χ3n) is 2.57. The van der Waals surface area contributed by atoms with Crippen molar-refractivity contribution < 1.29 is 9.53 Å². The lowest BCUT2D eigenvalue weighted by Gasteiger charge is -2.14. The number of hydrogen-bond donors (Lipinski definition) is 1. The molecular formula is C13H12BrNO2S. The van der Waals surface area contributed by atoms with Crippen molar-refractivity contribution in [2.75, 3.05) is 7.11 Å². The molecule has 0 saturated carbocycles. The van der Waals surface area contributed by atoms with E-state index < -0.39 is 0 Å². The molecule has 1 aliphatic rings. The van der Waals surface area contributed by atoms with Crippen molar-refractivity contribution in [1.82, 2.24) is 5.32 Å². The molecule has 1 aromatic carbocycles. The van der Waals surface area contributed by atoms with Crippen LogP contribution in [0.1, 0.15) is 15.9 Å². The van der Waals surface area contributed by atoms with Crippen LogP contribution in [0.25, 0.3) is 5.57 Å². The lowest BCUT2D eigenvalue weighted by Crippen LogP contribution is -2.17. The highest BCUT2D eigenvalue weighted by atomic mass is 79.9. The Morgan fingerprint density at radius 3 is 2.50 bits per heavy atom. The Kier molecular flexibility index (Phi) is 4.14. The summed E-state index contributed by atoms with van der Waals surface area (Å²) >= 11 is 5.08. The third kappa shape index (κ3) is 2.79. The molecule has 1 unspecified atom stereocenters. The summed E-state index contributed by atoms with van der Waals surface area (Å²) < 4.78 is 5.71. The molecule has 0 spiro atoms.